The molecule has 1 aromatic rings. The Labute approximate surface area is 154 Å². The first-order chi connectivity index (χ1) is 10.1. The van der Waals surface area contributed by atoms with Crippen LogP contribution >= 0.6 is 35.7 Å². The highest BCUT2D eigenvalue weighted by Crippen LogP contribution is 2.20. The van der Waals surface area contributed by atoms with Gasteiger partial charge in [-0.05, 0) is 50.8 Å². The number of aliphatic hydroxyl groups is 1. The summed E-state index contributed by atoms with van der Waals surface area (Å²) in [5.41, 5.74) is -1.09. The highest BCUT2D eigenvalue weighted by Gasteiger charge is 2.25. The summed E-state index contributed by atoms with van der Waals surface area (Å²) in [6, 6.07) is 3.53. The molecule has 0 bridgehead atoms. The number of thioether (sulfide) groups is 1. The van der Waals surface area contributed by atoms with Gasteiger partial charge in [0.05, 0.1) is 12.8 Å². The fourth-order valence-corrected chi connectivity index (χ4v) is 2.31. The lowest BCUT2D eigenvalue weighted by atomic mass is 10.0. The second kappa shape index (κ2) is 12.1. The Morgan fingerprint density at radius 2 is 2.18 bits per heavy atom. The molecular weight excluding hydrogens is 413 g/mol. The van der Waals surface area contributed by atoms with Gasteiger partial charge >= 0.3 is 0 Å². The second-order valence-corrected chi connectivity index (χ2v) is 6.06. The van der Waals surface area contributed by atoms with Gasteiger partial charge < -0.3 is 20.2 Å². The maximum atomic E-state index is 10.4. The molecule has 22 heavy (non-hydrogen) atoms. The lowest BCUT2D eigenvalue weighted by Crippen LogP contribution is -2.39. The van der Waals surface area contributed by atoms with Crippen molar-refractivity contribution in [1.29, 1.82) is 0 Å². The summed E-state index contributed by atoms with van der Waals surface area (Å²) in [6.45, 7) is 5.66. The van der Waals surface area contributed by atoms with Crippen molar-refractivity contribution in [3.8, 4) is 0 Å². The topological polar surface area (TPSA) is 69.8 Å². The van der Waals surface area contributed by atoms with Crippen LogP contribution in [0, 0.1) is 0 Å². The number of rotatable bonds is 9. The molecule has 0 fully saturated rings. The third-order valence-corrected chi connectivity index (χ3v) is 3.71. The minimum absolute atomic E-state index is 0. The number of halogens is 1. The standard InChI is InChI=1S/C15H27N3O2S.HI/c1-4-16-14(17-9-5-6-11-21-3)18-12-15(2,19)13-8-7-10-20-13;/h7-8,10,19H,4-6,9,11-12H2,1-3H3,(H2,16,17,18);1H. The van der Waals surface area contributed by atoms with Gasteiger partial charge in [-0.25, -0.2) is 4.99 Å². The summed E-state index contributed by atoms with van der Waals surface area (Å²) in [6.07, 6.45) is 5.98. The van der Waals surface area contributed by atoms with Crippen molar-refractivity contribution in [2.45, 2.75) is 32.3 Å². The van der Waals surface area contributed by atoms with E-state index >= 15 is 0 Å². The molecule has 0 amide bonds. The van der Waals surface area contributed by atoms with E-state index in [9.17, 15) is 5.11 Å². The molecule has 128 valence electrons. The second-order valence-electron chi connectivity index (χ2n) is 5.07. The predicted octanol–water partition coefficient (Wildman–Crippen LogP) is 2.80. The number of furan rings is 1. The van der Waals surface area contributed by atoms with Gasteiger partial charge in [0, 0.05) is 13.1 Å². The summed E-state index contributed by atoms with van der Waals surface area (Å²) in [7, 11) is 0. The van der Waals surface area contributed by atoms with Crippen LogP contribution in [0.25, 0.3) is 0 Å². The molecule has 0 radical (unpaired) electrons. The molecule has 0 saturated carbocycles. The highest BCUT2D eigenvalue weighted by molar-refractivity contribution is 14.0. The molecule has 0 aliphatic heterocycles. The molecule has 1 rings (SSSR count). The first kappa shape index (κ1) is 21.6. The zero-order chi connectivity index (χ0) is 15.6. The van der Waals surface area contributed by atoms with Gasteiger partial charge in [0.25, 0.3) is 0 Å². The van der Waals surface area contributed by atoms with Crippen molar-refractivity contribution in [1.82, 2.24) is 10.6 Å². The maximum Gasteiger partial charge on any atom is 0.191 e. The lowest BCUT2D eigenvalue weighted by molar-refractivity contribution is 0.0437. The first-order valence-corrected chi connectivity index (χ1v) is 8.77. The van der Waals surface area contributed by atoms with E-state index in [1.165, 1.54) is 12.2 Å². The Bertz CT molecular complexity index is 411. The fourth-order valence-electron chi connectivity index (χ4n) is 1.82. The van der Waals surface area contributed by atoms with Gasteiger partial charge in [-0.15, -0.1) is 24.0 Å². The smallest absolute Gasteiger partial charge is 0.191 e. The third-order valence-electron chi connectivity index (χ3n) is 3.01. The third kappa shape index (κ3) is 8.28. The lowest BCUT2D eigenvalue weighted by Gasteiger charge is -2.19. The molecule has 3 N–H and O–H groups in total. The van der Waals surface area contributed by atoms with E-state index in [4.69, 9.17) is 4.42 Å². The monoisotopic (exact) mass is 441 g/mol. The van der Waals surface area contributed by atoms with Crippen molar-refractivity contribution in [3.63, 3.8) is 0 Å². The van der Waals surface area contributed by atoms with E-state index in [0.717, 1.165) is 25.5 Å². The van der Waals surface area contributed by atoms with Gasteiger partial charge in [0.1, 0.15) is 11.4 Å². The molecular formula is C15H28IN3O2S. The van der Waals surface area contributed by atoms with Crippen molar-refractivity contribution in [2.24, 2.45) is 4.99 Å². The van der Waals surface area contributed by atoms with Crippen LogP contribution in [-0.4, -0.2) is 42.7 Å². The molecule has 1 heterocycles. The average Bonchev–Trinajstić information content (AvgIpc) is 2.99. The Morgan fingerprint density at radius 3 is 2.77 bits per heavy atom. The Kier molecular flexibility index (Phi) is 11.8. The highest BCUT2D eigenvalue weighted by atomic mass is 127. The number of hydrogen-bond acceptors (Lipinski definition) is 4. The van der Waals surface area contributed by atoms with Gasteiger partial charge in [0.15, 0.2) is 5.96 Å². The Hall–Kier alpha value is -0.410. The van der Waals surface area contributed by atoms with E-state index in [2.05, 4.69) is 21.9 Å². The zero-order valence-electron chi connectivity index (χ0n) is 13.6. The quantitative estimate of drug-likeness (QED) is 0.238. The molecule has 1 aromatic heterocycles. The summed E-state index contributed by atoms with van der Waals surface area (Å²) in [5, 5.41) is 16.8. The van der Waals surface area contributed by atoms with Crippen molar-refractivity contribution in [3.05, 3.63) is 24.2 Å². The van der Waals surface area contributed by atoms with Crippen LogP contribution in [0.2, 0.25) is 0 Å². The van der Waals surface area contributed by atoms with Crippen LogP contribution < -0.4 is 10.6 Å². The first-order valence-electron chi connectivity index (χ1n) is 7.37. The summed E-state index contributed by atoms with van der Waals surface area (Å²) >= 11 is 1.87. The molecule has 0 aliphatic rings. The number of aliphatic imine (C=N–C) groups is 1. The van der Waals surface area contributed by atoms with E-state index in [1.54, 1.807) is 25.3 Å². The normalized spacial score (nSPS) is 14.1. The molecule has 0 spiro atoms. The number of hydrogen-bond donors (Lipinski definition) is 3. The molecule has 0 aromatic carbocycles. The van der Waals surface area contributed by atoms with E-state index in [1.807, 2.05) is 18.7 Å². The molecule has 1 atom stereocenters. The van der Waals surface area contributed by atoms with Gasteiger partial charge in [0.2, 0.25) is 0 Å². The minimum Gasteiger partial charge on any atom is -0.466 e. The van der Waals surface area contributed by atoms with Crippen LogP contribution in [0.1, 0.15) is 32.4 Å². The predicted molar refractivity (Wildman–Crippen MR) is 105 cm³/mol. The Balaban J connectivity index is 0.00000441. The summed E-state index contributed by atoms with van der Waals surface area (Å²) in [5.74, 6) is 2.44. The number of guanidine groups is 1. The molecule has 5 nitrogen and oxygen atoms in total. The minimum atomic E-state index is -1.09. The van der Waals surface area contributed by atoms with Crippen LogP contribution in [0.3, 0.4) is 0 Å². The molecule has 1 unspecified atom stereocenters. The molecule has 0 aliphatic carbocycles. The maximum absolute atomic E-state index is 10.4. The number of unbranched alkanes of at least 4 members (excludes halogenated alkanes) is 1. The summed E-state index contributed by atoms with van der Waals surface area (Å²) in [4.78, 5) is 4.44. The van der Waals surface area contributed by atoms with Crippen LogP contribution in [0.4, 0.5) is 0 Å². The van der Waals surface area contributed by atoms with E-state index in [0.29, 0.717) is 5.76 Å². The molecule has 7 heteroatoms. The fraction of sp³-hybridized carbons (Fsp3) is 0.667. The van der Waals surface area contributed by atoms with E-state index < -0.39 is 5.60 Å². The van der Waals surface area contributed by atoms with Crippen molar-refractivity contribution in [2.75, 3.05) is 31.6 Å². The molecule has 0 saturated heterocycles. The number of nitrogens with zero attached hydrogens (tertiary/aromatic N) is 1. The summed E-state index contributed by atoms with van der Waals surface area (Å²) < 4.78 is 5.25. The number of nitrogens with one attached hydrogen (secondary N) is 2. The van der Waals surface area contributed by atoms with Gasteiger partial charge in [-0.1, -0.05) is 0 Å². The van der Waals surface area contributed by atoms with Crippen LogP contribution in [-0.2, 0) is 5.60 Å². The van der Waals surface area contributed by atoms with Crippen molar-refractivity contribution < 1.29 is 9.52 Å². The average molecular weight is 441 g/mol. The van der Waals surface area contributed by atoms with E-state index in [-0.39, 0.29) is 30.5 Å². The SMILES string of the molecule is CCNC(=NCC(C)(O)c1ccco1)NCCCCSC.I. The van der Waals surface area contributed by atoms with Crippen molar-refractivity contribution >= 4 is 41.7 Å². The largest absolute Gasteiger partial charge is 0.466 e. The van der Waals surface area contributed by atoms with Crippen LogP contribution in [0.15, 0.2) is 27.8 Å². The van der Waals surface area contributed by atoms with Gasteiger partial charge in [-0.3, -0.25) is 0 Å². The zero-order valence-corrected chi connectivity index (χ0v) is 16.7. The van der Waals surface area contributed by atoms with Crippen LogP contribution in [0.5, 0.6) is 0 Å². The Morgan fingerprint density at radius 1 is 1.41 bits per heavy atom. The van der Waals surface area contributed by atoms with Gasteiger partial charge in [-0.2, -0.15) is 11.8 Å².